The Morgan fingerprint density at radius 1 is 1.04 bits per heavy atom. The zero-order chi connectivity index (χ0) is 19.1. The molecule has 0 aliphatic carbocycles. The average molecular weight is 363 g/mol. The molecular formula is C22H22FN3O. The van der Waals surface area contributed by atoms with Gasteiger partial charge in [-0.3, -0.25) is 4.79 Å². The number of pyridine rings is 1. The largest absolute Gasteiger partial charge is 0.383 e. The predicted molar refractivity (Wildman–Crippen MR) is 107 cm³/mol. The first-order valence-electron chi connectivity index (χ1n) is 8.99. The first kappa shape index (κ1) is 18.6. The zero-order valence-corrected chi connectivity index (χ0v) is 15.2. The Morgan fingerprint density at radius 3 is 2.44 bits per heavy atom. The molecule has 138 valence electrons. The van der Waals surface area contributed by atoms with Gasteiger partial charge in [0, 0.05) is 18.8 Å². The minimum Gasteiger partial charge on any atom is -0.383 e. The van der Waals surface area contributed by atoms with E-state index < -0.39 is 0 Å². The van der Waals surface area contributed by atoms with Crippen LogP contribution >= 0.6 is 0 Å². The molecule has 1 aromatic heterocycles. The van der Waals surface area contributed by atoms with Crippen molar-refractivity contribution in [3.05, 3.63) is 90.0 Å². The van der Waals surface area contributed by atoms with Gasteiger partial charge in [0.25, 0.3) is 5.91 Å². The Labute approximate surface area is 158 Å². The number of carbonyl (C=O) groups is 1. The lowest BCUT2D eigenvalue weighted by molar-refractivity contribution is 0.0983. The van der Waals surface area contributed by atoms with Crippen molar-refractivity contribution in [3.63, 3.8) is 0 Å². The van der Waals surface area contributed by atoms with E-state index in [2.05, 4.69) is 10.3 Å². The number of para-hydroxylation sites is 1. The number of nitrogens with one attached hydrogen (secondary N) is 1. The molecule has 0 atom stereocenters. The molecule has 1 amide bonds. The minimum atomic E-state index is -0.195. The van der Waals surface area contributed by atoms with Gasteiger partial charge in [-0.25, -0.2) is 9.37 Å². The van der Waals surface area contributed by atoms with E-state index in [0.29, 0.717) is 30.8 Å². The lowest BCUT2D eigenvalue weighted by atomic mass is 10.1. The van der Waals surface area contributed by atoms with E-state index in [1.165, 1.54) is 6.07 Å². The number of halogens is 1. The molecule has 0 spiro atoms. The molecule has 0 fully saturated rings. The Hall–Kier alpha value is -3.21. The second kappa shape index (κ2) is 8.94. The second-order valence-electron chi connectivity index (χ2n) is 6.09. The van der Waals surface area contributed by atoms with E-state index in [4.69, 9.17) is 0 Å². The number of amides is 1. The number of nitrogens with zero attached hydrogens (tertiary/aromatic N) is 2. The van der Waals surface area contributed by atoms with Crippen LogP contribution in [0, 0.1) is 5.82 Å². The fraction of sp³-hybridized carbons (Fsp3) is 0.182. The molecule has 3 rings (SSSR count). The van der Waals surface area contributed by atoms with Gasteiger partial charge in [0.2, 0.25) is 0 Å². The molecule has 0 aliphatic rings. The van der Waals surface area contributed by atoms with Crippen molar-refractivity contribution in [2.24, 2.45) is 0 Å². The van der Waals surface area contributed by atoms with Crippen molar-refractivity contribution in [1.82, 2.24) is 4.98 Å². The van der Waals surface area contributed by atoms with E-state index in [0.717, 1.165) is 11.4 Å². The smallest absolute Gasteiger partial charge is 0.276 e. The van der Waals surface area contributed by atoms with Crippen LogP contribution in [0.1, 0.15) is 23.0 Å². The number of aromatic nitrogens is 1. The number of benzene rings is 2. The van der Waals surface area contributed by atoms with Crippen LogP contribution in [0.15, 0.2) is 72.9 Å². The molecule has 0 saturated carbocycles. The SMILES string of the molecule is CCN(C(=O)c1ccc(NCCc2ccccc2F)cn1)c1ccccc1. The molecule has 3 aromatic rings. The highest BCUT2D eigenvalue weighted by atomic mass is 19.1. The molecule has 0 bridgehead atoms. The van der Waals surface area contributed by atoms with Crippen LogP contribution in [-0.4, -0.2) is 24.0 Å². The Kier molecular flexibility index (Phi) is 6.15. The van der Waals surface area contributed by atoms with Gasteiger partial charge in [-0.2, -0.15) is 0 Å². The van der Waals surface area contributed by atoms with Crippen molar-refractivity contribution in [2.75, 3.05) is 23.3 Å². The molecule has 2 aromatic carbocycles. The van der Waals surface area contributed by atoms with Gasteiger partial charge in [-0.1, -0.05) is 36.4 Å². The molecule has 5 heteroatoms. The van der Waals surface area contributed by atoms with E-state index in [1.807, 2.05) is 49.4 Å². The summed E-state index contributed by atoms with van der Waals surface area (Å²) in [5.41, 5.74) is 2.70. The van der Waals surface area contributed by atoms with Gasteiger partial charge in [0.05, 0.1) is 11.9 Å². The summed E-state index contributed by atoms with van der Waals surface area (Å²) in [6, 6.07) is 19.8. The fourth-order valence-corrected chi connectivity index (χ4v) is 2.86. The maximum atomic E-state index is 13.6. The summed E-state index contributed by atoms with van der Waals surface area (Å²) in [5, 5.41) is 3.21. The van der Waals surface area contributed by atoms with Crippen LogP contribution in [0.4, 0.5) is 15.8 Å². The third-order valence-corrected chi connectivity index (χ3v) is 4.29. The number of anilines is 2. The van der Waals surface area contributed by atoms with E-state index in [9.17, 15) is 9.18 Å². The van der Waals surface area contributed by atoms with Crippen LogP contribution in [0.2, 0.25) is 0 Å². The predicted octanol–water partition coefficient (Wildman–Crippen LogP) is 4.54. The number of rotatable bonds is 7. The summed E-state index contributed by atoms with van der Waals surface area (Å²) in [6.07, 6.45) is 2.21. The van der Waals surface area contributed by atoms with Crippen molar-refractivity contribution < 1.29 is 9.18 Å². The van der Waals surface area contributed by atoms with Gasteiger partial charge in [-0.15, -0.1) is 0 Å². The van der Waals surface area contributed by atoms with Crippen LogP contribution in [0.25, 0.3) is 0 Å². The summed E-state index contributed by atoms with van der Waals surface area (Å²) >= 11 is 0. The van der Waals surface area contributed by atoms with E-state index in [-0.39, 0.29) is 11.7 Å². The van der Waals surface area contributed by atoms with Crippen LogP contribution in [0.5, 0.6) is 0 Å². The number of carbonyl (C=O) groups excluding carboxylic acids is 1. The molecule has 0 radical (unpaired) electrons. The topological polar surface area (TPSA) is 45.2 Å². The summed E-state index contributed by atoms with van der Waals surface area (Å²) in [7, 11) is 0. The van der Waals surface area contributed by atoms with Crippen molar-refractivity contribution >= 4 is 17.3 Å². The highest BCUT2D eigenvalue weighted by Crippen LogP contribution is 2.17. The van der Waals surface area contributed by atoms with Crippen molar-refractivity contribution in [2.45, 2.75) is 13.3 Å². The van der Waals surface area contributed by atoms with Crippen LogP contribution in [-0.2, 0) is 6.42 Å². The first-order valence-corrected chi connectivity index (χ1v) is 8.99. The molecule has 1 N–H and O–H groups in total. The summed E-state index contributed by atoms with van der Waals surface area (Å²) in [6.45, 7) is 3.08. The fourth-order valence-electron chi connectivity index (χ4n) is 2.86. The van der Waals surface area contributed by atoms with E-state index in [1.54, 1.807) is 29.3 Å². The normalized spacial score (nSPS) is 10.4. The second-order valence-corrected chi connectivity index (χ2v) is 6.09. The molecule has 4 nitrogen and oxygen atoms in total. The zero-order valence-electron chi connectivity index (χ0n) is 15.2. The van der Waals surface area contributed by atoms with Gasteiger partial charge >= 0.3 is 0 Å². The molecular weight excluding hydrogens is 341 g/mol. The van der Waals surface area contributed by atoms with Crippen molar-refractivity contribution in [3.8, 4) is 0 Å². The quantitative estimate of drug-likeness (QED) is 0.670. The molecule has 0 aliphatic heterocycles. The van der Waals surface area contributed by atoms with Gasteiger partial charge < -0.3 is 10.2 Å². The standard InChI is InChI=1S/C22H22FN3O/c1-2-26(19-9-4-3-5-10-19)22(27)21-13-12-18(16-25-21)24-15-14-17-8-6-7-11-20(17)23/h3-13,16,24H,2,14-15H2,1H3. The maximum Gasteiger partial charge on any atom is 0.276 e. The van der Waals surface area contributed by atoms with Gasteiger partial charge in [0.1, 0.15) is 11.5 Å². The average Bonchev–Trinajstić information content (AvgIpc) is 2.71. The minimum absolute atomic E-state index is 0.137. The highest BCUT2D eigenvalue weighted by Gasteiger charge is 2.16. The van der Waals surface area contributed by atoms with Crippen LogP contribution in [0.3, 0.4) is 0 Å². The lowest BCUT2D eigenvalue weighted by Gasteiger charge is -2.20. The number of hydrogen-bond acceptors (Lipinski definition) is 3. The Bertz CT molecular complexity index is 882. The molecule has 1 heterocycles. The lowest BCUT2D eigenvalue weighted by Crippen LogP contribution is -2.31. The third kappa shape index (κ3) is 4.70. The van der Waals surface area contributed by atoms with Gasteiger partial charge in [-0.05, 0) is 49.2 Å². The Morgan fingerprint density at radius 2 is 1.78 bits per heavy atom. The molecule has 27 heavy (non-hydrogen) atoms. The number of hydrogen-bond donors (Lipinski definition) is 1. The first-order chi connectivity index (χ1) is 13.2. The highest BCUT2D eigenvalue weighted by molar-refractivity contribution is 6.04. The van der Waals surface area contributed by atoms with Crippen LogP contribution < -0.4 is 10.2 Å². The third-order valence-electron chi connectivity index (χ3n) is 4.29. The van der Waals surface area contributed by atoms with Crippen molar-refractivity contribution in [1.29, 1.82) is 0 Å². The summed E-state index contributed by atoms with van der Waals surface area (Å²) < 4.78 is 13.6. The molecule has 0 unspecified atom stereocenters. The summed E-state index contributed by atoms with van der Waals surface area (Å²) in [4.78, 5) is 18.7. The maximum absolute atomic E-state index is 13.6. The van der Waals surface area contributed by atoms with Gasteiger partial charge in [0.15, 0.2) is 0 Å². The van der Waals surface area contributed by atoms with E-state index >= 15 is 0 Å². The monoisotopic (exact) mass is 363 g/mol. The Balaban J connectivity index is 1.61. The molecule has 0 saturated heterocycles. The summed E-state index contributed by atoms with van der Waals surface area (Å²) in [5.74, 6) is -0.333.